The van der Waals surface area contributed by atoms with Gasteiger partial charge >= 0.3 is 57.1 Å². The molecule has 0 N–H and O–H groups in total. The zero-order valence-electron chi connectivity index (χ0n) is 22.4. The Morgan fingerprint density at radius 3 is 1.32 bits per heavy atom. The average molecular weight is 722 g/mol. The van der Waals surface area contributed by atoms with Gasteiger partial charge in [-0.1, -0.05) is 46.2 Å². The predicted molar refractivity (Wildman–Crippen MR) is 121 cm³/mol. The molecule has 1 aromatic carbocycles. The van der Waals surface area contributed by atoms with E-state index in [1.807, 2.05) is 0 Å². The summed E-state index contributed by atoms with van der Waals surface area (Å²) in [6.07, 6.45) is -7.89. The molecular formula is C22H22F17O3S2+. The van der Waals surface area contributed by atoms with E-state index < -0.39 is 79.4 Å². The highest BCUT2D eigenvalue weighted by Gasteiger charge is 2.96. The molecule has 0 amide bonds. The molecule has 0 spiro atoms. The molecule has 0 saturated heterocycles. The number of rotatable bonds is 13. The fourth-order valence-corrected chi connectivity index (χ4v) is 6.49. The first-order valence-electron chi connectivity index (χ1n) is 11.6. The van der Waals surface area contributed by atoms with Crippen LogP contribution in [0, 0.1) is 0 Å². The Kier molecular flexibility index (Phi) is 10.8. The van der Waals surface area contributed by atoms with Gasteiger partial charge in [-0.2, -0.15) is 83.1 Å². The zero-order valence-corrected chi connectivity index (χ0v) is 24.0. The molecule has 1 unspecified atom stereocenters. The van der Waals surface area contributed by atoms with Crippen molar-refractivity contribution >= 4 is 21.3 Å². The van der Waals surface area contributed by atoms with Crippen LogP contribution >= 0.6 is 0 Å². The molecule has 0 saturated carbocycles. The Hall–Kier alpha value is -1.71. The summed E-state index contributed by atoms with van der Waals surface area (Å²) in [4.78, 5) is -0.369. The summed E-state index contributed by atoms with van der Waals surface area (Å²) in [5, 5.41) is -7.71. The van der Waals surface area contributed by atoms with Crippen molar-refractivity contribution in [2.45, 2.75) is 97.8 Å². The van der Waals surface area contributed by atoms with E-state index in [-0.39, 0.29) is 17.7 Å². The number of unbranched alkanes of at least 4 members (excludes halogenated alkanes) is 1. The maximum atomic E-state index is 14.5. The first kappa shape index (κ1) is 40.3. The standard InChI is InChI=1S/C22H22F17O3S2/c1-5-6-11-43(13-9-7-12(8-10-13)14(2,3)4)42-44(40,41)22(38,39)20(33,34)18(29,30)16(25,26)15(23,24)17(27,28)19(31,32)21(35,36)37/h7-10H,5-6,11H2,1-4H3/q+1. The molecule has 0 aromatic heterocycles. The van der Waals surface area contributed by atoms with E-state index in [9.17, 15) is 83.1 Å². The molecule has 258 valence electrons. The van der Waals surface area contributed by atoms with Crippen LogP contribution in [-0.4, -0.2) is 61.1 Å². The van der Waals surface area contributed by atoms with Crippen LogP contribution in [0.3, 0.4) is 0 Å². The van der Waals surface area contributed by atoms with Gasteiger partial charge in [0, 0.05) is 0 Å². The summed E-state index contributed by atoms with van der Waals surface area (Å²) in [5.41, 5.74) is -0.0433. The number of benzene rings is 1. The van der Waals surface area contributed by atoms with Crippen molar-refractivity contribution in [3.8, 4) is 0 Å². The van der Waals surface area contributed by atoms with Crippen molar-refractivity contribution in [3.63, 3.8) is 0 Å². The molecule has 0 bridgehead atoms. The van der Waals surface area contributed by atoms with Crippen molar-refractivity contribution in [1.82, 2.24) is 0 Å². The summed E-state index contributed by atoms with van der Waals surface area (Å²) < 4.78 is 258. The van der Waals surface area contributed by atoms with Crippen LogP contribution in [0.15, 0.2) is 29.2 Å². The summed E-state index contributed by atoms with van der Waals surface area (Å²) in [7, 11) is -7.65. The lowest BCUT2D eigenvalue weighted by molar-refractivity contribution is -0.458. The van der Waals surface area contributed by atoms with E-state index in [0.29, 0.717) is 5.56 Å². The first-order valence-corrected chi connectivity index (χ1v) is 14.3. The molecule has 1 rings (SSSR count). The largest absolute Gasteiger partial charge is 0.460 e. The average Bonchev–Trinajstić information content (AvgIpc) is 2.84. The van der Waals surface area contributed by atoms with Crippen molar-refractivity contribution in [2.24, 2.45) is 0 Å². The fourth-order valence-electron chi connectivity index (χ4n) is 3.03. The van der Waals surface area contributed by atoms with Crippen LogP contribution in [0.4, 0.5) is 74.6 Å². The summed E-state index contributed by atoms with van der Waals surface area (Å²) >= 11 is -2.60. The van der Waals surface area contributed by atoms with E-state index in [2.05, 4.69) is 3.63 Å². The topological polar surface area (TPSA) is 43.4 Å². The normalized spacial score (nSPS) is 16.3. The Bertz CT molecular complexity index is 1250. The van der Waals surface area contributed by atoms with Gasteiger partial charge in [0.1, 0.15) is 5.75 Å². The van der Waals surface area contributed by atoms with Gasteiger partial charge in [0.15, 0.2) is 4.90 Å². The molecule has 0 aliphatic carbocycles. The Labute approximate surface area is 241 Å². The lowest BCUT2D eigenvalue weighted by atomic mass is 9.87. The third-order valence-corrected chi connectivity index (χ3v) is 9.56. The van der Waals surface area contributed by atoms with Gasteiger partial charge < -0.3 is 0 Å². The van der Waals surface area contributed by atoms with Gasteiger partial charge in [0.05, 0.1) is 0 Å². The fraction of sp³-hybridized carbons (Fsp3) is 0.727. The van der Waals surface area contributed by atoms with E-state index in [4.69, 9.17) is 0 Å². The molecule has 0 aliphatic heterocycles. The van der Waals surface area contributed by atoms with Crippen LogP contribution in [-0.2, 0) is 30.3 Å². The lowest BCUT2D eigenvalue weighted by Crippen LogP contribution is -2.75. The number of halogens is 17. The van der Waals surface area contributed by atoms with Gasteiger partial charge in [-0.05, 0) is 33.2 Å². The van der Waals surface area contributed by atoms with Crippen LogP contribution in [0.1, 0.15) is 46.1 Å². The molecule has 0 aliphatic rings. The molecule has 0 radical (unpaired) electrons. The molecule has 0 heterocycles. The smallest absolute Gasteiger partial charge is 0.192 e. The highest BCUT2D eigenvalue weighted by molar-refractivity contribution is 8.03. The minimum atomic E-state index is -8.90. The minimum absolute atomic E-state index is 0.134. The van der Waals surface area contributed by atoms with Crippen molar-refractivity contribution in [3.05, 3.63) is 29.8 Å². The van der Waals surface area contributed by atoms with E-state index >= 15 is 0 Å². The highest BCUT2D eigenvalue weighted by atomic mass is 32.3. The number of hydrogen-bond donors (Lipinski definition) is 0. The van der Waals surface area contributed by atoms with Gasteiger partial charge in [-0.25, -0.2) is 0 Å². The van der Waals surface area contributed by atoms with E-state index in [1.165, 1.54) is 19.1 Å². The summed E-state index contributed by atoms with van der Waals surface area (Å²) in [6.45, 7) is 6.48. The van der Waals surface area contributed by atoms with Gasteiger partial charge in [-0.15, -0.1) is 0 Å². The third kappa shape index (κ3) is 6.31. The van der Waals surface area contributed by atoms with E-state index in [0.717, 1.165) is 12.1 Å². The second-order valence-corrected chi connectivity index (χ2v) is 13.7. The van der Waals surface area contributed by atoms with Gasteiger partial charge in [-0.3, -0.25) is 0 Å². The quantitative estimate of drug-likeness (QED) is 0.151. The number of alkyl halides is 17. The number of hydrogen-bond acceptors (Lipinski definition) is 3. The SMILES string of the molecule is CCCC[S+](OS(=O)(=O)C(F)(F)C(F)(F)C(F)(F)C(F)(F)C(F)(F)C(F)(F)C(F)(F)C(F)(F)F)c1ccc(C(C)(C)C)cc1. The van der Waals surface area contributed by atoms with Crippen LogP contribution < -0.4 is 0 Å². The lowest BCUT2D eigenvalue weighted by Gasteiger charge is -2.42. The Balaban J connectivity index is 3.70. The molecule has 1 atom stereocenters. The molecule has 3 nitrogen and oxygen atoms in total. The van der Waals surface area contributed by atoms with E-state index in [1.54, 1.807) is 20.8 Å². The summed E-state index contributed by atoms with van der Waals surface area (Å²) in [5.74, 6) is -52.6. The molecular weight excluding hydrogens is 699 g/mol. The van der Waals surface area contributed by atoms with Crippen molar-refractivity contribution in [1.29, 1.82) is 0 Å². The highest BCUT2D eigenvalue weighted by Crippen LogP contribution is 2.64. The molecule has 0 fully saturated rings. The Morgan fingerprint density at radius 1 is 0.614 bits per heavy atom. The van der Waals surface area contributed by atoms with Gasteiger partial charge in [0.25, 0.3) is 0 Å². The zero-order chi connectivity index (χ0) is 35.4. The third-order valence-electron chi connectivity index (χ3n) is 5.85. The van der Waals surface area contributed by atoms with Gasteiger partial charge in [0.2, 0.25) is 11.2 Å². The molecule has 44 heavy (non-hydrogen) atoms. The van der Waals surface area contributed by atoms with Crippen molar-refractivity contribution < 1.29 is 86.7 Å². The molecule has 1 aromatic rings. The van der Waals surface area contributed by atoms with Crippen LogP contribution in [0.25, 0.3) is 0 Å². The van der Waals surface area contributed by atoms with Crippen molar-refractivity contribution in [2.75, 3.05) is 5.75 Å². The molecule has 22 heteroatoms. The monoisotopic (exact) mass is 721 g/mol. The van der Waals surface area contributed by atoms with Crippen LogP contribution in [0.2, 0.25) is 0 Å². The minimum Gasteiger partial charge on any atom is -0.192 e. The second kappa shape index (κ2) is 11.8. The second-order valence-electron chi connectivity index (χ2n) is 10.2. The summed E-state index contributed by atoms with van der Waals surface area (Å²) in [6, 6.07) is 4.60. The predicted octanol–water partition coefficient (Wildman–Crippen LogP) is 8.99. The maximum absolute atomic E-state index is 14.5. The van der Waals surface area contributed by atoms with Crippen LogP contribution in [0.5, 0.6) is 0 Å². The maximum Gasteiger partial charge on any atom is 0.460 e. The Morgan fingerprint density at radius 2 is 0.977 bits per heavy atom. The first-order chi connectivity index (χ1) is 19.1.